The van der Waals surface area contributed by atoms with Crippen LogP contribution in [0.25, 0.3) is 54.5 Å². The van der Waals surface area contributed by atoms with Gasteiger partial charge in [-0.05, 0) is 181 Å². The smallest absolute Gasteiger partial charge is 1.00 e. The number of alkyl halides is 4. The van der Waals surface area contributed by atoms with Gasteiger partial charge < -0.3 is 64.8 Å². The number of phenols is 2. The number of aliphatic carboxylic acids is 1. The fourth-order valence-corrected chi connectivity index (χ4v) is 9.54. The van der Waals surface area contributed by atoms with Crippen LogP contribution in [0.5, 0.6) is 11.5 Å². The molecule has 0 fully saturated rings. The number of nitrogens with zero attached hydrogens (tertiary/aromatic N) is 3. The Balaban J connectivity index is -0.00000118. The Kier molecular flexibility index (Phi) is 40.8. The number of carboxylic acids is 1. The SMILES string of the molecule is C.CC(=O)c1c[nH]c2cc(C)ccc12.CC(=O)c1cn(CC(=O)O)c2cc(O)ccc12.CC(=O)c1cn(CC(=O)OC(C)(C)C)c2cc(C)ccc12.CC(=O)c1cn(CC(=O)OC(C)(C)C)c2cc(O)ccc12.CC(C)(C)OC(=O)CBr.Cc1ccc2cc[nH]c2c1.O=CC(F)(F)F.O=CO[O-].[2HH].[H-].[K+].[K+]. The van der Waals surface area contributed by atoms with Crippen molar-refractivity contribution in [2.24, 2.45) is 0 Å². The van der Waals surface area contributed by atoms with Crippen molar-refractivity contribution < 1.29 is 206 Å². The van der Waals surface area contributed by atoms with Crippen molar-refractivity contribution in [3.05, 3.63) is 167 Å². The number of aromatic amines is 2. The Hall–Kier alpha value is -7.40. The number of carbonyl (C=O) groups is 10. The predicted molar refractivity (Wildman–Crippen MR) is 388 cm³/mol. The minimum Gasteiger partial charge on any atom is -1.00 e. The number of ketones is 4. The summed E-state index contributed by atoms with van der Waals surface area (Å²) in [6, 6.07) is 29.6. The number of hydrogen-bond donors (Lipinski definition) is 5. The molecular weight excluding hydrogens is 1470 g/mol. The van der Waals surface area contributed by atoms with Gasteiger partial charge in [0.1, 0.15) is 53.3 Å². The van der Waals surface area contributed by atoms with Crippen molar-refractivity contribution in [1.29, 1.82) is 0 Å². The van der Waals surface area contributed by atoms with Crippen molar-refractivity contribution in [3.8, 4) is 11.5 Å². The van der Waals surface area contributed by atoms with E-state index in [1.165, 1.54) is 77.8 Å². The maximum Gasteiger partial charge on any atom is 1.00 e. The maximum atomic E-state index is 12.0. The van der Waals surface area contributed by atoms with E-state index in [9.17, 15) is 61.7 Å². The molecule has 0 saturated carbocycles. The number of carboxylic acid groups (broad SMARTS) is 1. The second-order valence-corrected chi connectivity index (χ2v) is 26.2. The number of H-pyrrole nitrogens is 2. The van der Waals surface area contributed by atoms with Gasteiger partial charge in [-0.15, -0.1) is 0 Å². The molecule has 29 heteroatoms. The van der Waals surface area contributed by atoms with Crippen LogP contribution in [0.2, 0.25) is 0 Å². The summed E-state index contributed by atoms with van der Waals surface area (Å²) in [4.78, 5) is 117. The number of hydrogen-bond acceptors (Lipinski definition) is 17. The minimum absolute atomic E-state index is 0. The third-order valence-corrected chi connectivity index (χ3v) is 13.7. The van der Waals surface area contributed by atoms with Gasteiger partial charge in [0.25, 0.3) is 6.47 Å². The van der Waals surface area contributed by atoms with E-state index in [-0.39, 0.29) is 197 Å². The molecule has 0 radical (unpaired) electrons. The molecule has 23 nitrogen and oxygen atoms in total. The van der Waals surface area contributed by atoms with Crippen LogP contribution in [0.15, 0.2) is 128 Å². The predicted octanol–water partition coefficient (Wildman–Crippen LogP) is 9.08. The second-order valence-electron chi connectivity index (χ2n) is 25.6. The monoisotopic (exact) mass is 1560 g/mol. The van der Waals surface area contributed by atoms with E-state index in [4.69, 9.17) is 34.2 Å². The van der Waals surface area contributed by atoms with Gasteiger partial charge in [-0.3, -0.25) is 47.9 Å². The first kappa shape index (κ1) is 96.6. The van der Waals surface area contributed by atoms with Gasteiger partial charge in [0.2, 0.25) is 6.29 Å². The molecule has 0 spiro atoms. The number of rotatable bonds is 12. The van der Waals surface area contributed by atoms with Crippen molar-refractivity contribution in [2.75, 3.05) is 5.33 Å². The third-order valence-electron chi connectivity index (χ3n) is 13.3. The molecule has 10 rings (SSSR count). The van der Waals surface area contributed by atoms with Crippen LogP contribution in [-0.2, 0) is 67.5 Å². The van der Waals surface area contributed by atoms with Gasteiger partial charge in [0, 0.05) is 105 Å². The second kappa shape index (κ2) is 43.9. The number of aryl methyl sites for hydroxylation is 3. The topological polar surface area (TPSA) is 338 Å². The van der Waals surface area contributed by atoms with E-state index < -0.39 is 35.6 Å². The quantitative estimate of drug-likeness (QED) is 0.0111. The summed E-state index contributed by atoms with van der Waals surface area (Å²) in [7, 11) is 0. The summed E-state index contributed by atoms with van der Waals surface area (Å²) in [6.07, 6.45) is 2.89. The minimum atomic E-state index is -4.64. The van der Waals surface area contributed by atoms with Crippen LogP contribution >= 0.6 is 15.9 Å². The largest absolute Gasteiger partial charge is 1.00 e. The molecular formula is C75H91BrF3K2N5O18. The molecule has 0 atom stereocenters. The molecule has 0 aliphatic rings. The van der Waals surface area contributed by atoms with Crippen molar-refractivity contribution in [1.82, 2.24) is 23.7 Å². The molecule has 5 aromatic carbocycles. The summed E-state index contributed by atoms with van der Waals surface area (Å²) < 4.78 is 51.6. The van der Waals surface area contributed by atoms with E-state index in [1.807, 2.05) is 98.0 Å². The number of fused-ring (bicyclic) bond motifs is 5. The van der Waals surface area contributed by atoms with E-state index in [0.717, 1.165) is 32.9 Å². The number of aromatic hydroxyl groups is 2. The zero-order valence-corrected chi connectivity index (χ0v) is 68.8. The van der Waals surface area contributed by atoms with Gasteiger partial charge in [-0.1, -0.05) is 59.8 Å². The van der Waals surface area contributed by atoms with E-state index in [1.54, 1.807) is 67.6 Å². The molecule has 0 bridgehead atoms. The summed E-state index contributed by atoms with van der Waals surface area (Å²) in [5.74, 6) is -1.92. The Morgan fingerprint density at radius 3 is 1.20 bits per heavy atom. The standard InChI is InChI=1S/C17H21NO3.C16H19NO4.C12H11NO4.C11H11NO.C9H9N.C6H11BrO2.C2HF3O.CH2O3.CH4.2K.H2.H/c1-11-6-7-13-14(12(2)19)9-18(15(13)8-11)10-16(20)21-17(3,4)5;1-10(18)13-8-17(9-15(20)21-16(2,3)4)14-7-11(19)5-6-12(13)14;1-7(14)10-5-13(6-12(16)17)11-4-8(15)2-3-9(10)11;1-7-3-4-9-10(8(2)13)6-12-11(9)5-7;1-7-2-3-8-4-5-10-9(8)6-7;1-6(2,3)9-5(8)4-7;3-2(4,5)1-6;2-1-4-3;;;;;/h6-9H,10H2,1-5H3;5-8,19H,9H2,1-4H3;2-5,15H,6H2,1H3,(H,16,17);3-6,12H,1-2H3;2-6,10H,1H3;4H2,1-3H3;1H;1,3H;1H4;;;1H;/q;;;;;;;;;2*+1;;-1/p-1/i;;;;;;;;;;;1+1;. The van der Waals surface area contributed by atoms with E-state index >= 15 is 0 Å². The first-order valence-corrected chi connectivity index (χ1v) is 32.0. The molecule has 0 unspecified atom stereocenters. The molecule has 5 heterocycles. The Labute approximate surface area is 697 Å². The molecule has 0 amide bonds. The Morgan fingerprint density at radius 1 is 0.519 bits per heavy atom. The van der Waals surface area contributed by atoms with Gasteiger partial charge in [-0.2, -0.15) is 13.2 Å². The van der Waals surface area contributed by atoms with Crippen LogP contribution < -0.4 is 108 Å². The van der Waals surface area contributed by atoms with E-state index in [2.05, 4.69) is 62.0 Å². The number of carbonyl (C=O) groups excluding carboxylic acids is 9. The summed E-state index contributed by atoms with van der Waals surface area (Å²) in [5.41, 5.74) is 8.84. The molecule has 0 aliphatic carbocycles. The zero-order valence-electron chi connectivity index (χ0n) is 61.9. The first-order chi connectivity index (χ1) is 46.8. The van der Waals surface area contributed by atoms with Crippen LogP contribution in [-0.4, -0.2) is 127 Å². The van der Waals surface area contributed by atoms with Crippen molar-refractivity contribution in [3.63, 3.8) is 0 Å². The molecule has 0 saturated heterocycles. The van der Waals surface area contributed by atoms with Gasteiger partial charge >= 0.3 is 133 Å². The molecule has 554 valence electrons. The van der Waals surface area contributed by atoms with Crippen LogP contribution in [0.1, 0.15) is 158 Å². The van der Waals surface area contributed by atoms with Gasteiger partial charge in [-0.25, -0.2) is 0 Å². The average Bonchev–Trinajstić information content (AvgIpc) is 1.61. The maximum absolute atomic E-state index is 12.0. The van der Waals surface area contributed by atoms with Crippen LogP contribution in [0, 0.1) is 20.8 Å². The molecule has 0 aliphatic heterocycles. The number of aromatic nitrogens is 5. The van der Waals surface area contributed by atoms with Gasteiger partial charge in [0.05, 0.1) is 11.0 Å². The fourth-order valence-electron chi connectivity index (χ4n) is 9.43. The Morgan fingerprint density at radius 2 is 0.856 bits per heavy atom. The van der Waals surface area contributed by atoms with Crippen molar-refractivity contribution in [2.45, 2.75) is 161 Å². The van der Waals surface area contributed by atoms with E-state index in [0.29, 0.717) is 38.5 Å². The number of ether oxygens (including phenoxy) is 3. The number of Topliss-reactive ketones (excluding diaryl/α,β-unsaturated/α-hetero) is 4. The third kappa shape index (κ3) is 33.4. The summed E-state index contributed by atoms with van der Waals surface area (Å²) in [6.45, 7) is 28.2. The number of nitrogens with one attached hydrogen (secondary N) is 2. The van der Waals surface area contributed by atoms with Crippen molar-refractivity contribution >= 4 is 130 Å². The van der Waals surface area contributed by atoms with Crippen LogP contribution in [0.3, 0.4) is 0 Å². The fraction of sp³-hybridized carbons (Fsp3) is 0.333. The zero-order chi connectivity index (χ0) is 76.7. The average molecular weight is 1570 g/mol. The molecule has 104 heavy (non-hydrogen) atoms. The number of esters is 3. The number of benzene rings is 5. The summed E-state index contributed by atoms with van der Waals surface area (Å²) in [5, 5.41) is 41.0. The first-order valence-electron chi connectivity index (χ1n) is 30.9. The number of halogens is 4. The number of aldehydes is 1. The van der Waals surface area contributed by atoms with Crippen LogP contribution in [0.4, 0.5) is 13.2 Å². The Bertz CT molecular complexity index is 4470. The normalized spacial score (nSPS) is 10.6. The number of phenolic OH excluding ortho intramolecular Hbond substituents is 2. The summed E-state index contributed by atoms with van der Waals surface area (Å²) >= 11 is 2.99. The molecule has 5 aromatic heterocycles. The molecule has 10 aromatic rings. The van der Waals surface area contributed by atoms with Gasteiger partial charge in [0.15, 0.2) is 23.1 Å². The molecule has 5 N–H and O–H groups in total.